The Morgan fingerprint density at radius 3 is 2.45 bits per heavy atom. The van der Waals surface area contributed by atoms with Crippen molar-refractivity contribution in [1.29, 1.82) is 0 Å². The van der Waals surface area contributed by atoms with E-state index in [0.29, 0.717) is 56.4 Å². The highest BCUT2D eigenvalue weighted by Crippen LogP contribution is 2.63. The highest BCUT2D eigenvalue weighted by atomic mass is 16.7. The van der Waals surface area contributed by atoms with Crippen molar-refractivity contribution < 1.29 is 23.7 Å². The molecule has 2 heterocycles. The molecule has 5 heteroatoms. The number of Topliss-reactive ketones (excluding diaryl/α,β-unsaturated/α-hetero) is 1. The number of fused-ring (bicyclic) bond motifs is 3. The summed E-state index contributed by atoms with van der Waals surface area (Å²) in [6, 6.07) is 0. The third kappa shape index (κ3) is 3.74. The monoisotopic (exact) mass is 432 g/mol. The summed E-state index contributed by atoms with van der Waals surface area (Å²) in [5.41, 5.74) is 1.36. The molecular weight excluding hydrogens is 392 g/mol. The van der Waals surface area contributed by atoms with Crippen LogP contribution in [0.4, 0.5) is 0 Å². The van der Waals surface area contributed by atoms with Crippen LogP contribution in [0.1, 0.15) is 78.6 Å². The maximum absolute atomic E-state index is 13.5. The van der Waals surface area contributed by atoms with E-state index in [9.17, 15) is 4.79 Å². The molecule has 174 valence electrons. The molecule has 31 heavy (non-hydrogen) atoms. The molecule has 0 aromatic rings. The quantitative estimate of drug-likeness (QED) is 0.551. The van der Waals surface area contributed by atoms with Crippen LogP contribution in [-0.2, 0) is 23.7 Å². The lowest BCUT2D eigenvalue weighted by Crippen LogP contribution is -2.52. The molecule has 5 aliphatic rings. The number of ether oxygens (including phenoxy) is 4. The number of rotatable bonds is 6. The summed E-state index contributed by atoms with van der Waals surface area (Å²) in [6.07, 6.45) is 11.3. The Morgan fingerprint density at radius 1 is 1.03 bits per heavy atom. The maximum atomic E-state index is 13.5. The molecule has 0 radical (unpaired) electrons. The van der Waals surface area contributed by atoms with E-state index in [-0.39, 0.29) is 11.3 Å². The van der Waals surface area contributed by atoms with E-state index in [1.54, 1.807) is 0 Å². The number of allylic oxidation sites excluding steroid dienone is 1. The summed E-state index contributed by atoms with van der Waals surface area (Å²) in [5.74, 6) is 0.997. The first-order valence-electron chi connectivity index (χ1n) is 12.7. The third-order valence-electron chi connectivity index (χ3n) is 9.29. The topological polar surface area (TPSA) is 54.0 Å². The summed E-state index contributed by atoms with van der Waals surface area (Å²) < 4.78 is 24.3. The minimum absolute atomic E-state index is 0.0112. The van der Waals surface area contributed by atoms with E-state index in [1.165, 1.54) is 12.0 Å². The third-order valence-corrected chi connectivity index (χ3v) is 9.29. The van der Waals surface area contributed by atoms with Crippen LogP contribution >= 0.6 is 0 Å². The fourth-order valence-corrected chi connectivity index (χ4v) is 7.87. The van der Waals surface area contributed by atoms with Crippen LogP contribution in [0.25, 0.3) is 0 Å². The van der Waals surface area contributed by atoms with Gasteiger partial charge in [0.25, 0.3) is 0 Å². The molecule has 2 saturated heterocycles. The van der Waals surface area contributed by atoms with Gasteiger partial charge in [-0.25, -0.2) is 0 Å². The smallest absolute Gasteiger partial charge is 0.172 e. The summed E-state index contributed by atoms with van der Waals surface area (Å²) in [5, 5.41) is 0. The zero-order valence-electron chi connectivity index (χ0n) is 19.6. The Kier molecular flexibility index (Phi) is 5.86. The molecule has 2 saturated carbocycles. The van der Waals surface area contributed by atoms with Gasteiger partial charge in [0.05, 0.1) is 26.4 Å². The predicted molar refractivity (Wildman–Crippen MR) is 117 cm³/mol. The lowest BCUT2D eigenvalue weighted by molar-refractivity contribution is -0.211. The number of unbranched alkanes of at least 4 members (excludes halogenated alkanes) is 1. The standard InChI is InChI=1S/C26H40O5/c1-4-5-10-26(30-13-14-31-26)16-18-6-7-19-20(15-18)22(27)17-24(2)21(19)8-9-23(24)25(3)28-11-12-29-25/h6,19-21,23H,4-5,7-17H2,1-3H3/t19?,20?,21?,23-,24-/m0/s1. The van der Waals surface area contributed by atoms with Gasteiger partial charge in [0.1, 0.15) is 5.78 Å². The minimum Gasteiger partial charge on any atom is -0.348 e. The van der Waals surface area contributed by atoms with Gasteiger partial charge in [-0.15, -0.1) is 0 Å². The summed E-state index contributed by atoms with van der Waals surface area (Å²) in [6.45, 7) is 9.37. The highest BCUT2D eigenvalue weighted by Gasteiger charge is 2.62. The average molecular weight is 433 g/mol. The first-order chi connectivity index (χ1) is 14.9. The second-order valence-corrected chi connectivity index (χ2v) is 11.1. The molecule has 5 atom stereocenters. The van der Waals surface area contributed by atoms with Gasteiger partial charge in [0.15, 0.2) is 11.6 Å². The molecule has 3 unspecified atom stereocenters. The van der Waals surface area contributed by atoms with Crippen molar-refractivity contribution in [3.8, 4) is 0 Å². The van der Waals surface area contributed by atoms with Crippen LogP contribution in [0.5, 0.6) is 0 Å². The molecule has 0 N–H and O–H groups in total. The molecule has 0 aromatic heterocycles. The van der Waals surface area contributed by atoms with Gasteiger partial charge in [0, 0.05) is 31.1 Å². The Labute approximate surface area is 187 Å². The molecular formula is C26H40O5. The van der Waals surface area contributed by atoms with Gasteiger partial charge in [-0.3, -0.25) is 4.79 Å². The van der Waals surface area contributed by atoms with Gasteiger partial charge < -0.3 is 18.9 Å². The molecule has 0 spiro atoms. The normalized spacial score (nSPS) is 41.1. The van der Waals surface area contributed by atoms with Crippen molar-refractivity contribution in [2.75, 3.05) is 26.4 Å². The zero-order valence-corrected chi connectivity index (χ0v) is 19.6. The van der Waals surface area contributed by atoms with Crippen molar-refractivity contribution in [2.45, 2.75) is 90.1 Å². The van der Waals surface area contributed by atoms with Crippen molar-refractivity contribution in [1.82, 2.24) is 0 Å². The van der Waals surface area contributed by atoms with Crippen LogP contribution in [0.3, 0.4) is 0 Å². The SMILES string of the molecule is CCCCC1(CC2=CCC3C(C2)C(=O)C[C@@]2(C)C3CC[C@@H]2C2(C)OCCO2)OCCO1. The molecule has 0 aromatic carbocycles. The van der Waals surface area contributed by atoms with E-state index in [2.05, 4.69) is 26.8 Å². The zero-order chi connectivity index (χ0) is 21.7. The lowest BCUT2D eigenvalue weighted by Gasteiger charge is -2.51. The van der Waals surface area contributed by atoms with E-state index in [1.807, 2.05) is 0 Å². The van der Waals surface area contributed by atoms with Crippen LogP contribution in [-0.4, -0.2) is 43.8 Å². The van der Waals surface area contributed by atoms with Gasteiger partial charge in [-0.2, -0.15) is 0 Å². The largest absolute Gasteiger partial charge is 0.348 e. The fourth-order valence-electron chi connectivity index (χ4n) is 7.87. The van der Waals surface area contributed by atoms with Crippen molar-refractivity contribution in [2.24, 2.45) is 29.1 Å². The van der Waals surface area contributed by atoms with Gasteiger partial charge in [0.2, 0.25) is 0 Å². The van der Waals surface area contributed by atoms with E-state index in [0.717, 1.165) is 44.9 Å². The maximum Gasteiger partial charge on any atom is 0.172 e. The lowest BCUT2D eigenvalue weighted by atomic mass is 9.54. The molecule has 2 aliphatic heterocycles. The Morgan fingerprint density at radius 2 is 1.74 bits per heavy atom. The minimum atomic E-state index is -0.519. The van der Waals surface area contributed by atoms with Gasteiger partial charge >= 0.3 is 0 Å². The second-order valence-electron chi connectivity index (χ2n) is 11.1. The predicted octanol–water partition coefficient (Wildman–Crippen LogP) is 5.03. The first kappa shape index (κ1) is 22.1. The Bertz CT molecular complexity index is 717. The molecule has 0 bridgehead atoms. The Hall–Kier alpha value is -0.750. The number of ketones is 1. The highest BCUT2D eigenvalue weighted by molar-refractivity contribution is 5.83. The van der Waals surface area contributed by atoms with Crippen LogP contribution < -0.4 is 0 Å². The van der Waals surface area contributed by atoms with E-state index in [4.69, 9.17) is 18.9 Å². The number of hydrogen-bond donors (Lipinski definition) is 0. The van der Waals surface area contributed by atoms with Crippen LogP contribution in [0, 0.1) is 29.1 Å². The van der Waals surface area contributed by atoms with Crippen molar-refractivity contribution in [3.05, 3.63) is 11.6 Å². The average Bonchev–Trinajstić information content (AvgIpc) is 3.46. The van der Waals surface area contributed by atoms with E-state index < -0.39 is 11.6 Å². The molecule has 5 nitrogen and oxygen atoms in total. The summed E-state index contributed by atoms with van der Waals surface area (Å²) >= 11 is 0. The second kappa shape index (κ2) is 8.23. The van der Waals surface area contributed by atoms with Crippen molar-refractivity contribution in [3.63, 3.8) is 0 Å². The van der Waals surface area contributed by atoms with E-state index >= 15 is 0 Å². The molecule has 5 rings (SSSR count). The molecule has 4 fully saturated rings. The Balaban J connectivity index is 1.33. The number of carbonyl (C=O) groups excluding carboxylic acids is 1. The molecule has 0 amide bonds. The fraction of sp³-hybridized carbons (Fsp3) is 0.885. The number of hydrogen-bond acceptors (Lipinski definition) is 5. The van der Waals surface area contributed by atoms with Gasteiger partial charge in [-0.05, 0) is 56.3 Å². The van der Waals surface area contributed by atoms with Crippen LogP contribution in [0.15, 0.2) is 11.6 Å². The van der Waals surface area contributed by atoms with Crippen LogP contribution in [0.2, 0.25) is 0 Å². The summed E-state index contributed by atoms with van der Waals surface area (Å²) in [7, 11) is 0. The summed E-state index contributed by atoms with van der Waals surface area (Å²) in [4.78, 5) is 13.5. The molecule has 3 aliphatic carbocycles. The first-order valence-corrected chi connectivity index (χ1v) is 12.7. The van der Waals surface area contributed by atoms with Gasteiger partial charge in [-0.1, -0.05) is 31.9 Å². The number of carbonyl (C=O) groups is 1. The van der Waals surface area contributed by atoms with Crippen molar-refractivity contribution >= 4 is 5.78 Å².